The van der Waals surface area contributed by atoms with Crippen LogP contribution in [-0.4, -0.2) is 5.91 Å². The summed E-state index contributed by atoms with van der Waals surface area (Å²) in [6.45, 7) is 8.18. The van der Waals surface area contributed by atoms with Crippen molar-refractivity contribution in [2.24, 2.45) is 0 Å². The highest BCUT2D eigenvalue weighted by Gasteiger charge is 1.93. The van der Waals surface area contributed by atoms with Gasteiger partial charge in [0.25, 0.3) is 0 Å². The Hall–Kier alpha value is -1.31. The Morgan fingerprint density at radius 1 is 1.43 bits per heavy atom. The lowest BCUT2D eigenvalue weighted by Gasteiger charge is -2.02. The molecule has 2 heteroatoms. The molecule has 0 saturated heterocycles. The van der Waals surface area contributed by atoms with Gasteiger partial charge in [0, 0.05) is 14.9 Å². The highest BCUT2D eigenvalue weighted by atomic mass is 16.1. The minimum atomic E-state index is 0. The topological polar surface area (TPSA) is 29.1 Å². The maximum absolute atomic E-state index is 10.6. The van der Waals surface area contributed by atoms with E-state index in [0.717, 1.165) is 5.56 Å². The molecule has 0 aliphatic carbocycles. The van der Waals surface area contributed by atoms with E-state index in [1.807, 2.05) is 39.0 Å². The zero-order valence-corrected chi connectivity index (χ0v) is 9.42. The van der Waals surface area contributed by atoms with Crippen LogP contribution in [0.3, 0.4) is 0 Å². The van der Waals surface area contributed by atoms with E-state index in [-0.39, 0.29) is 7.33 Å². The van der Waals surface area contributed by atoms with Gasteiger partial charge in [-0.15, -0.1) is 0 Å². The third-order valence-corrected chi connectivity index (χ3v) is 1.62. The van der Waals surface area contributed by atoms with E-state index in [1.54, 1.807) is 0 Å². The first-order valence-corrected chi connectivity index (χ1v) is 4.98. The minimum Gasteiger partial charge on any atom is -0.352 e. The van der Waals surface area contributed by atoms with Crippen molar-refractivity contribution in [1.29, 1.82) is 0 Å². The Balaban J connectivity index is 0. The smallest absolute Gasteiger partial charge is 0.217 e. The van der Waals surface area contributed by atoms with Gasteiger partial charge in [0.1, 0.15) is 0 Å². The Morgan fingerprint density at radius 2 is 2.07 bits per heavy atom. The molecule has 1 N–H and O–H groups in total. The number of nitrogens with one attached hydrogen (secondary N) is 1. The Morgan fingerprint density at radius 3 is 2.57 bits per heavy atom. The monoisotopic (exact) mass is 195 g/mol. The second kappa shape index (κ2) is 7.13. The molecule has 0 aliphatic rings. The molecule has 0 radical (unpaired) electrons. The average Bonchev–Trinajstić information content (AvgIpc) is 2.18. The van der Waals surface area contributed by atoms with Crippen LogP contribution in [0.4, 0.5) is 0 Å². The largest absolute Gasteiger partial charge is 0.352 e. The summed E-state index contributed by atoms with van der Waals surface area (Å²) in [5.74, 6) is 0.0107. The molecule has 1 rings (SSSR count). The number of hydrogen-bond donors (Lipinski definition) is 1. The summed E-state index contributed by atoms with van der Waals surface area (Å²) in [7, 11) is 0. The van der Waals surface area contributed by atoms with Gasteiger partial charge in [0.2, 0.25) is 5.91 Å². The number of carbonyl (C=O) groups is 1. The quantitative estimate of drug-likeness (QED) is 0.772. The predicted octanol–water partition coefficient (Wildman–Crippen LogP) is 2.90. The van der Waals surface area contributed by atoms with E-state index >= 15 is 0 Å². The molecule has 2 nitrogen and oxygen atoms in total. The van der Waals surface area contributed by atoms with Crippen LogP contribution in [0.25, 0.3) is 0 Å². The van der Waals surface area contributed by atoms with E-state index in [1.165, 1.54) is 12.5 Å². The fourth-order valence-corrected chi connectivity index (χ4v) is 1.05. The first-order valence-electron chi connectivity index (χ1n) is 4.98. The molecular weight excluding hydrogens is 174 g/mol. The van der Waals surface area contributed by atoms with Gasteiger partial charge in [-0.3, -0.25) is 4.79 Å². The van der Waals surface area contributed by atoms with Crippen LogP contribution in [0.15, 0.2) is 24.3 Å². The van der Waals surface area contributed by atoms with Crippen molar-refractivity contribution in [2.45, 2.75) is 34.2 Å². The molecule has 14 heavy (non-hydrogen) atoms. The van der Waals surface area contributed by atoms with Crippen molar-refractivity contribution < 1.29 is 6.22 Å². The van der Waals surface area contributed by atoms with Crippen LogP contribution in [0.5, 0.6) is 0 Å². The van der Waals surface area contributed by atoms with Gasteiger partial charge in [0.05, 0.1) is 0 Å². The number of amides is 1. The maximum atomic E-state index is 10.6. The van der Waals surface area contributed by atoms with Crippen molar-refractivity contribution in [2.75, 3.05) is 0 Å². The minimum absolute atomic E-state index is 0. The average molecular weight is 195 g/mol. The van der Waals surface area contributed by atoms with Gasteiger partial charge in [-0.25, -0.2) is 0 Å². The van der Waals surface area contributed by atoms with Crippen molar-refractivity contribution in [3.63, 3.8) is 0 Å². The molecule has 0 spiro atoms. The predicted molar refractivity (Wildman–Crippen MR) is 62.2 cm³/mol. The first-order chi connectivity index (χ1) is 6.68. The van der Waals surface area contributed by atoms with E-state index in [0.29, 0.717) is 6.54 Å². The lowest BCUT2D eigenvalue weighted by atomic mass is 10.1. The van der Waals surface area contributed by atoms with Crippen molar-refractivity contribution in [1.82, 2.24) is 5.32 Å². The fourth-order valence-electron chi connectivity index (χ4n) is 1.05. The van der Waals surface area contributed by atoms with Gasteiger partial charge in [-0.1, -0.05) is 43.7 Å². The van der Waals surface area contributed by atoms with E-state index in [9.17, 15) is 4.79 Å². The van der Waals surface area contributed by atoms with E-state index < -0.39 is 0 Å². The number of hydrogen-bond acceptors (Lipinski definition) is 1. The zero-order chi connectivity index (χ0) is 11.0. The summed E-state index contributed by atoms with van der Waals surface area (Å²) in [4.78, 5) is 10.6. The first kappa shape index (κ1) is 12.7. The number of aryl methyl sites for hydroxylation is 1. The molecule has 0 saturated carbocycles. The second-order valence-electron chi connectivity index (χ2n) is 2.90. The normalized spacial score (nSPS) is 8.57. The summed E-state index contributed by atoms with van der Waals surface area (Å²) >= 11 is 0. The molecule has 0 aromatic heterocycles. The lowest BCUT2D eigenvalue weighted by Crippen LogP contribution is -2.18. The van der Waals surface area contributed by atoms with Crippen LogP contribution < -0.4 is 5.32 Å². The molecule has 1 amide bonds. The maximum Gasteiger partial charge on any atom is 0.217 e. The van der Waals surface area contributed by atoms with Gasteiger partial charge >= 0.3 is 0 Å². The number of benzene rings is 1. The van der Waals surface area contributed by atoms with E-state index in [4.69, 9.17) is 0 Å². The molecule has 1 aromatic carbocycles. The Labute approximate surface area is 87.8 Å². The fraction of sp³-hybridized carbons (Fsp3) is 0.417. The summed E-state index contributed by atoms with van der Waals surface area (Å²) in [6, 6.07) is 8.10. The van der Waals surface area contributed by atoms with Gasteiger partial charge in [-0.2, -0.15) is 0 Å². The molecule has 0 fully saturated rings. The molecule has 0 aliphatic heterocycles. The van der Waals surface area contributed by atoms with Crippen LogP contribution in [0.1, 0.15) is 33.3 Å². The summed E-state index contributed by atoms with van der Waals surface area (Å²) in [6.07, 6.45) is 0. The third-order valence-electron chi connectivity index (χ3n) is 1.62. The van der Waals surface area contributed by atoms with Crippen LogP contribution in [0, 0.1) is 6.92 Å². The van der Waals surface area contributed by atoms with Gasteiger partial charge < -0.3 is 5.32 Å². The molecule has 0 heterocycles. The Kier molecular flexibility index (Phi) is 6.46. The molecule has 80 valence electrons. The summed E-state index contributed by atoms with van der Waals surface area (Å²) in [5, 5.41) is 2.75. The summed E-state index contributed by atoms with van der Waals surface area (Å²) in [5.41, 5.74) is 2.36. The molecule has 0 atom stereocenters. The Bertz CT molecular complexity index is 287. The lowest BCUT2D eigenvalue weighted by molar-refractivity contribution is -0.119. The van der Waals surface area contributed by atoms with Gasteiger partial charge in [0.15, 0.2) is 0 Å². The molecule has 0 bridgehead atoms. The van der Waals surface area contributed by atoms with Crippen LogP contribution >= 0.6 is 0 Å². The molecular formula is C12H21NO. The number of carbonyl (C=O) groups excluding carboxylic acids is 1. The molecule has 0 unspecified atom stereocenters. The van der Waals surface area contributed by atoms with E-state index in [2.05, 4.69) is 11.4 Å². The van der Waals surface area contributed by atoms with Crippen molar-refractivity contribution >= 4 is 5.91 Å². The SMILES string of the molecule is CC.CC(=O)NCc1cccc(C)c1.[HH]. The van der Waals surface area contributed by atoms with Crippen LogP contribution in [0.2, 0.25) is 0 Å². The van der Waals surface area contributed by atoms with Crippen LogP contribution in [-0.2, 0) is 11.3 Å². The second-order valence-corrected chi connectivity index (χ2v) is 2.90. The highest BCUT2D eigenvalue weighted by Crippen LogP contribution is 2.02. The standard InChI is InChI=1S/C10H13NO.C2H6.H2/c1-8-4-3-5-10(6-8)7-11-9(2)12;1-2;/h3-6H,7H2,1-2H3,(H,11,12);1-2H3;1H. The van der Waals surface area contributed by atoms with Crippen molar-refractivity contribution in [3.05, 3.63) is 35.4 Å². The zero-order valence-electron chi connectivity index (χ0n) is 9.42. The summed E-state index contributed by atoms with van der Waals surface area (Å²) < 4.78 is 0. The highest BCUT2D eigenvalue weighted by molar-refractivity contribution is 5.72. The third kappa shape index (κ3) is 5.36. The molecule has 1 aromatic rings. The number of rotatable bonds is 2. The van der Waals surface area contributed by atoms with Crippen molar-refractivity contribution in [3.8, 4) is 0 Å². The van der Waals surface area contributed by atoms with Gasteiger partial charge in [-0.05, 0) is 12.5 Å².